The molecule has 0 aromatic carbocycles. The van der Waals surface area contributed by atoms with E-state index in [-0.39, 0.29) is 23.4 Å². The molecule has 0 aliphatic carbocycles. The number of carbonyl (C=O) groups is 1. The molecule has 2 heterocycles. The molecule has 0 bridgehead atoms. The molecule has 1 amide bonds. The van der Waals surface area contributed by atoms with Gasteiger partial charge in [-0.05, 0) is 19.4 Å². The van der Waals surface area contributed by atoms with E-state index >= 15 is 0 Å². The third kappa shape index (κ3) is 3.45. The number of sulfonamides is 1. The summed E-state index contributed by atoms with van der Waals surface area (Å²) in [4.78, 5) is 15.1. The van der Waals surface area contributed by atoms with Crippen LogP contribution in [0.3, 0.4) is 0 Å². The molecule has 1 aromatic rings. The van der Waals surface area contributed by atoms with Gasteiger partial charge in [0.15, 0.2) is 0 Å². The number of aromatic nitrogens is 1. The zero-order valence-electron chi connectivity index (χ0n) is 11.2. The lowest BCUT2D eigenvalue weighted by Crippen LogP contribution is -2.38. The van der Waals surface area contributed by atoms with Crippen LogP contribution >= 0.6 is 0 Å². The SMILES string of the molecule is CCNc1ccncc1S(=O)(=O)NCC1CCC(=O)N1. The van der Waals surface area contributed by atoms with Gasteiger partial charge < -0.3 is 10.6 Å². The van der Waals surface area contributed by atoms with Crippen molar-refractivity contribution in [2.45, 2.75) is 30.7 Å². The van der Waals surface area contributed by atoms with Gasteiger partial charge in [-0.2, -0.15) is 0 Å². The zero-order chi connectivity index (χ0) is 14.6. The Morgan fingerprint density at radius 3 is 2.95 bits per heavy atom. The predicted molar refractivity (Wildman–Crippen MR) is 74.8 cm³/mol. The molecule has 1 unspecified atom stereocenters. The van der Waals surface area contributed by atoms with Gasteiger partial charge in [-0.15, -0.1) is 0 Å². The second kappa shape index (κ2) is 6.19. The molecular weight excluding hydrogens is 280 g/mol. The summed E-state index contributed by atoms with van der Waals surface area (Å²) in [5.74, 6) is -0.0380. The number of carbonyl (C=O) groups excluding carboxylic acids is 1. The quantitative estimate of drug-likeness (QED) is 0.690. The lowest BCUT2D eigenvalue weighted by Gasteiger charge is -2.14. The van der Waals surface area contributed by atoms with E-state index in [4.69, 9.17) is 0 Å². The Hall–Kier alpha value is -1.67. The van der Waals surface area contributed by atoms with E-state index in [1.54, 1.807) is 6.07 Å². The van der Waals surface area contributed by atoms with E-state index in [2.05, 4.69) is 20.3 Å². The molecule has 8 heteroatoms. The normalized spacial score (nSPS) is 18.9. The van der Waals surface area contributed by atoms with Gasteiger partial charge in [0.2, 0.25) is 15.9 Å². The van der Waals surface area contributed by atoms with E-state index in [9.17, 15) is 13.2 Å². The molecule has 0 saturated carbocycles. The number of rotatable bonds is 6. The smallest absolute Gasteiger partial charge is 0.244 e. The minimum absolute atomic E-state index is 0.0380. The number of amides is 1. The van der Waals surface area contributed by atoms with E-state index in [1.807, 2.05) is 6.92 Å². The van der Waals surface area contributed by atoms with Gasteiger partial charge >= 0.3 is 0 Å². The van der Waals surface area contributed by atoms with Crippen LogP contribution in [0.5, 0.6) is 0 Å². The van der Waals surface area contributed by atoms with Crippen LogP contribution in [0, 0.1) is 0 Å². The van der Waals surface area contributed by atoms with Crippen LogP contribution in [-0.4, -0.2) is 38.4 Å². The van der Waals surface area contributed by atoms with Crippen molar-refractivity contribution in [2.24, 2.45) is 0 Å². The second-order valence-corrected chi connectivity index (χ2v) is 6.29. The fourth-order valence-corrected chi connectivity index (χ4v) is 3.25. The molecule has 7 nitrogen and oxygen atoms in total. The minimum Gasteiger partial charge on any atom is -0.384 e. The Morgan fingerprint density at radius 2 is 2.30 bits per heavy atom. The van der Waals surface area contributed by atoms with Gasteiger partial charge in [0.25, 0.3) is 0 Å². The molecule has 1 aliphatic rings. The summed E-state index contributed by atoms with van der Waals surface area (Å²) < 4.78 is 27.0. The first-order valence-corrected chi connectivity index (χ1v) is 7.98. The average Bonchev–Trinajstić information content (AvgIpc) is 2.83. The topological polar surface area (TPSA) is 100 Å². The van der Waals surface area contributed by atoms with Crippen molar-refractivity contribution in [2.75, 3.05) is 18.4 Å². The average molecular weight is 298 g/mol. The van der Waals surface area contributed by atoms with Gasteiger partial charge in [-0.3, -0.25) is 9.78 Å². The van der Waals surface area contributed by atoms with Crippen LogP contribution in [0.1, 0.15) is 19.8 Å². The molecule has 1 fully saturated rings. The summed E-state index contributed by atoms with van der Waals surface area (Å²) in [7, 11) is -3.64. The van der Waals surface area contributed by atoms with Gasteiger partial charge in [0, 0.05) is 37.9 Å². The molecule has 3 N–H and O–H groups in total. The highest BCUT2D eigenvalue weighted by atomic mass is 32.2. The van der Waals surface area contributed by atoms with Crippen molar-refractivity contribution in [3.8, 4) is 0 Å². The monoisotopic (exact) mass is 298 g/mol. The first kappa shape index (κ1) is 14.7. The minimum atomic E-state index is -3.64. The first-order chi connectivity index (χ1) is 9.53. The van der Waals surface area contributed by atoms with Crippen LogP contribution in [0.2, 0.25) is 0 Å². The van der Waals surface area contributed by atoms with E-state index in [1.165, 1.54) is 12.4 Å². The lowest BCUT2D eigenvalue weighted by atomic mass is 10.2. The number of anilines is 1. The number of hydrogen-bond acceptors (Lipinski definition) is 5. The van der Waals surface area contributed by atoms with Gasteiger partial charge in [-0.25, -0.2) is 13.1 Å². The third-order valence-corrected chi connectivity index (χ3v) is 4.50. The van der Waals surface area contributed by atoms with Crippen molar-refractivity contribution in [3.63, 3.8) is 0 Å². The molecule has 110 valence electrons. The maximum atomic E-state index is 12.3. The Bertz CT molecular complexity index is 588. The fraction of sp³-hybridized carbons (Fsp3) is 0.500. The number of pyridine rings is 1. The molecule has 1 saturated heterocycles. The molecular formula is C12H18N4O3S. The standard InChI is InChI=1S/C12H18N4O3S/c1-2-14-10-5-6-13-8-11(10)20(18,19)15-7-9-3-4-12(17)16-9/h5-6,8-9,15H,2-4,7H2,1H3,(H,13,14)(H,16,17). The van der Waals surface area contributed by atoms with Crippen molar-refractivity contribution < 1.29 is 13.2 Å². The van der Waals surface area contributed by atoms with Crippen molar-refractivity contribution in [1.82, 2.24) is 15.0 Å². The maximum absolute atomic E-state index is 12.3. The van der Waals surface area contributed by atoms with E-state index < -0.39 is 10.0 Å². The molecule has 1 atom stereocenters. The van der Waals surface area contributed by atoms with Gasteiger partial charge in [0.1, 0.15) is 4.90 Å². The number of nitrogens with zero attached hydrogens (tertiary/aromatic N) is 1. The Morgan fingerprint density at radius 1 is 1.50 bits per heavy atom. The van der Waals surface area contributed by atoms with Crippen LogP contribution in [0.4, 0.5) is 5.69 Å². The summed E-state index contributed by atoms with van der Waals surface area (Å²) >= 11 is 0. The van der Waals surface area contributed by atoms with E-state index in [0.29, 0.717) is 25.1 Å². The molecule has 1 aromatic heterocycles. The summed E-state index contributed by atoms with van der Waals surface area (Å²) in [6.45, 7) is 2.69. The Balaban J connectivity index is 2.08. The van der Waals surface area contributed by atoms with Gasteiger partial charge in [0.05, 0.1) is 5.69 Å². The Kier molecular flexibility index (Phi) is 4.56. The number of hydrogen-bond donors (Lipinski definition) is 3. The molecule has 2 rings (SSSR count). The summed E-state index contributed by atoms with van der Waals surface area (Å²) in [6.07, 6.45) is 3.94. The molecule has 0 radical (unpaired) electrons. The molecule has 0 spiro atoms. The highest BCUT2D eigenvalue weighted by molar-refractivity contribution is 7.89. The highest BCUT2D eigenvalue weighted by Gasteiger charge is 2.24. The number of nitrogens with one attached hydrogen (secondary N) is 3. The van der Waals surface area contributed by atoms with Crippen LogP contribution in [0.25, 0.3) is 0 Å². The van der Waals surface area contributed by atoms with Crippen molar-refractivity contribution >= 4 is 21.6 Å². The molecule has 1 aliphatic heterocycles. The fourth-order valence-electron chi connectivity index (χ4n) is 2.05. The zero-order valence-corrected chi connectivity index (χ0v) is 12.0. The predicted octanol–water partition coefficient (Wildman–Crippen LogP) is 0.0703. The second-order valence-electron chi connectivity index (χ2n) is 4.56. The van der Waals surface area contributed by atoms with Crippen molar-refractivity contribution in [3.05, 3.63) is 18.5 Å². The lowest BCUT2D eigenvalue weighted by molar-refractivity contribution is -0.119. The summed E-state index contributed by atoms with van der Waals surface area (Å²) in [6, 6.07) is 1.48. The van der Waals surface area contributed by atoms with Crippen LogP contribution in [0.15, 0.2) is 23.4 Å². The first-order valence-electron chi connectivity index (χ1n) is 6.50. The summed E-state index contributed by atoms with van der Waals surface area (Å²) in [5, 5.41) is 5.71. The van der Waals surface area contributed by atoms with Crippen molar-refractivity contribution in [1.29, 1.82) is 0 Å². The van der Waals surface area contributed by atoms with Gasteiger partial charge in [-0.1, -0.05) is 0 Å². The third-order valence-electron chi connectivity index (χ3n) is 3.05. The maximum Gasteiger partial charge on any atom is 0.244 e. The van der Waals surface area contributed by atoms with Crippen LogP contribution < -0.4 is 15.4 Å². The molecule has 20 heavy (non-hydrogen) atoms. The van der Waals surface area contributed by atoms with Crippen LogP contribution in [-0.2, 0) is 14.8 Å². The Labute approximate surface area is 118 Å². The highest BCUT2D eigenvalue weighted by Crippen LogP contribution is 2.19. The summed E-state index contributed by atoms with van der Waals surface area (Å²) in [5.41, 5.74) is 0.519. The van der Waals surface area contributed by atoms with E-state index in [0.717, 1.165) is 0 Å². The largest absolute Gasteiger partial charge is 0.384 e.